The maximum Gasteiger partial charge on any atom is 0.134 e. The van der Waals surface area contributed by atoms with Crippen LogP contribution in [0.4, 0.5) is 0 Å². The second-order valence-electron chi connectivity index (χ2n) is 3.65. The molecule has 1 aromatic carbocycles. The van der Waals surface area contributed by atoms with Gasteiger partial charge >= 0.3 is 0 Å². The van der Waals surface area contributed by atoms with Gasteiger partial charge in [0, 0.05) is 6.54 Å². The lowest BCUT2D eigenvalue weighted by Gasteiger charge is -2.24. The van der Waals surface area contributed by atoms with E-state index in [4.69, 9.17) is 4.74 Å². The third-order valence-electron chi connectivity index (χ3n) is 2.63. The van der Waals surface area contributed by atoms with Gasteiger partial charge in [0.05, 0.1) is 6.61 Å². The molecule has 0 saturated carbocycles. The molecule has 1 atom stereocenters. The summed E-state index contributed by atoms with van der Waals surface area (Å²) in [6.45, 7) is 4.09. The molecule has 0 radical (unpaired) electrons. The van der Waals surface area contributed by atoms with Gasteiger partial charge in [-0.05, 0) is 24.0 Å². The maximum atomic E-state index is 5.63. The van der Waals surface area contributed by atoms with Crippen LogP contribution >= 0.6 is 0 Å². The Morgan fingerprint density at radius 3 is 2.71 bits per heavy atom. The van der Waals surface area contributed by atoms with Crippen molar-refractivity contribution < 1.29 is 4.74 Å². The third-order valence-corrected chi connectivity index (χ3v) is 2.63. The molecule has 1 unspecified atom stereocenters. The molecule has 0 aromatic heterocycles. The van der Waals surface area contributed by atoms with Crippen LogP contribution in [0.15, 0.2) is 24.3 Å². The molecule has 0 bridgehead atoms. The van der Waals surface area contributed by atoms with Gasteiger partial charge in [0.2, 0.25) is 0 Å². The van der Waals surface area contributed by atoms with Crippen molar-refractivity contribution in [3.05, 3.63) is 35.4 Å². The van der Waals surface area contributed by atoms with Crippen LogP contribution in [0.25, 0.3) is 0 Å². The first-order valence-electron chi connectivity index (χ1n) is 5.34. The van der Waals surface area contributed by atoms with Crippen molar-refractivity contribution in [1.29, 1.82) is 0 Å². The monoisotopic (exact) mass is 191 g/mol. The maximum absolute atomic E-state index is 5.63. The Balaban J connectivity index is 2.07. The zero-order chi connectivity index (χ0) is 9.80. The summed E-state index contributed by atoms with van der Waals surface area (Å²) in [6.07, 6.45) is 2.32. The number of benzene rings is 1. The van der Waals surface area contributed by atoms with E-state index >= 15 is 0 Å². The minimum absolute atomic E-state index is 0.106. The molecule has 1 heterocycles. The van der Waals surface area contributed by atoms with Crippen LogP contribution in [-0.2, 0) is 11.2 Å². The number of hydrogen-bond donors (Lipinski definition) is 1. The van der Waals surface area contributed by atoms with E-state index in [0.29, 0.717) is 0 Å². The molecular weight excluding hydrogens is 174 g/mol. The number of rotatable bonds is 2. The van der Waals surface area contributed by atoms with E-state index in [1.165, 1.54) is 11.1 Å². The van der Waals surface area contributed by atoms with E-state index in [0.717, 1.165) is 26.0 Å². The van der Waals surface area contributed by atoms with Crippen molar-refractivity contribution in [2.45, 2.75) is 26.0 Å². The Kier molecular flexibility index (Phi) is 3.17. The quantitative estimate of drug-likeness (QED) is 0.774. The van der Waals surface area contributed by atoms with Crippen LogP contribution in [0.3, 0.4) is 0 Å². The van der Waals surface area contributed by atoms with Crippen molar-refractivity contribution in [1.82, 2.24) is 5.32 Å². The Morgan fingerprint density at radius 2 is 2.14 bits per heavy atom. The summed E-state index contributed by atoms with van der Waals surface area (Å²) in [7, 11) is 0. The highest BCUT2D eigenvalue weighted by Crippen LogP contribution is 2.18. The summed E-state index contributed by atoms with van der Waals surface area (Å²) in [5.74, 6) is 0. The Hall–Kier alpha value is -0.860. The average molecular weight is 191 g/mol. The Morgan fingerprint density at radius 1 is 1.36 bits per heavy atom. The van der Waals surface area contributed by atoms with Crippen LogP contribution in [0.1, 0.15) is 30.7 Å². The van der Waals surface area contributed by atoms with Crippen molar-refractivity contribution in [3.8, 4) is 0 Å². The molecule has 2 nitrogen and oxygen atoms in total. The Labute approximate surface area is 85.3 Å². The van der Waals surface area contributed by atoms with E-state index in [-0.39, 0.29) is 6.23 Å². The van der Waals surface area contributed by atoms with Crippen molar-refractivity contribution in [2.24, 2.45) is 0 Å². The molecule has 76 valence electrons. The molecular formula is C12H17NO. The van der Waals surface area contributed by atoms with Crippen LogP contribution < -0.4 is 5.32 Å². The molecule has 2 rings (SSSR count). The lowest BCUT2D eigenvalue weighted by Crippen LogP contribution is -2.31. The minimum Gasteiger partial charge on any atom is -0.359 e. The van der Waals surface area contributed by atoms with Crippen molar-refractivity contribution in [2.75, 3.05) is 13.2 Å². The average Bonchev–Trinajstić information content (AvgIpc) is 2.30. The second kappa shape index (κ2) is 4.58. The minimum atomic E-state index is 0.106. The summed E-state index contributed by atoms with van der Waals surface area (Å²) in [4.78, 5) is 0. The molecule has 14 heavy (non-hydrogen) atoms. The molecule has 0 aliphatic carbocycles. The molecule has 2 heteroatoms. The SMILES string of the molecule is CCc1ccc(C2NCCCO2)cc1. The summed E-state index contributed by atoms with van der Waals surface area (Å²) in [5.41, 5.74) is 2.62. The van der Waals surface area contributed by atoms with E-state index in [9.17, 15) is 0 Å². The van der Waals surface area contributed by atoms with Gasteiger partial charge in [-0.2, -0.15) is 0 Å². The summed E-state index contributed by atoms with van der Waals surface area (Å²) < 4.78 is 5.63. The van der Waals surface area contributed by atoms with Crippen LogP contribution in [0.2, 0.25) is 0 Å². The van der Waals surface area contributed by atoms with Gasteiger partial charge in [0.25, 0.3) is 0 Å². The van der Waals surface area contributed by atoms with Crippen LogP contribution in [0.5, 0.6) is 0 Å². The smallest absolute Gasteiger partial charge is 0.134 e. The zero-order valence-corrected chi connectivity index (χ0v) is 8.62. The second-order valence-corrected chi connectivity index (χ2v) is 3.65. The van der Waals surface area contributed by atoms with Crippen LogP contribution in [0, 0.1) is 0 Å². The van der Waals surface area contributed by atoms with Crippen molar-refractivity contribution >= 4 is 0 Å². The van der Waals surface area contributed by atoms with Gasteiger partial charge < -0.3 is 4.74 Å². The lowest BCUT2D eigenvalue weighted by atomic mass is 10.1. The summed E-state index contributed by atoms with van der Waals surface area (Å²) in [5, 5.41) is 3.35. The highest BCUT2D eigenvalue weighted by molar-refractivity contribution is 5.24. The predicted octanol–water partition coefficient (Wildman–Crippen LogP) is 2.26. The molecule has 1 aliphatic rings. The molecule has 1 aliphatic heterocycles. The number of aryl methyl sites for hydroxylation is 1. The van der Waals surface area contributed by atoms with Gasteiger partial charge in [-0.15, -0.1) is 0 Å². The van der Waals surface area contributed by atoms with E-state index in [1.807, 2.05) is 0 Å². The fraction of sp³-hybridized carbons (Fsp3) is 0.500. The van der Waals surface area contributed by atoms with E-state index in [2.05, 4.69) is 36.5 Å². The van der Waals surface area contributed by atoms with E-state index < -0.39 is 0 Å². The van der Waals surface area contributed by atoms with E-state index in [1.54, 1.807) is 0 Å². The number of nitrogens with one attached hydrogen (secondary N) is 1. The first-order valence-corrected chi connectivity index (χ1v) is 5.34. The highest BCUT2D eigenvalue weighted by atomic mass is 16.5. The van der Waals surface area contributed by atoms with Gasteiger partial charge in [0.15, 0.2) is 0 Å². The van der Waals surface area contributed by atoms with Gasteiger partial charge in [0.1, 0.15) is 6.23 Å². The molecule has 1 fully saturated rings. The van der Waals surface area contributed by atoms with Gasteiger partial charge in [-0.1, -0.05) is 31.2 Å². The van der Waals surface area contributed by atoms with Gasteiger partial charge in [-0.25, -0.2) is 0 Å². The normalized spacial score (nSPS) is 22.2. The fourth-order valence-corrected chi connectivity index (χ4v) is 1.71. The Bertz CT molecular complexity index is 275. The van der Waals surface area contributed by atoms with Crippen LogP contribution in [-0.4, -0.2) is 13.2 Å². The first-order chi connectivity index (χ1) is 6.90. The molecule has 0 amide bonds. The summed E-state index contributed by atoms with van der Waals surface area (Å²) >= 11 is 0. The molecule has 1 aromatic rings. The van der Waals surface area contributed by atoms with Gasteiger partial charge in [-0.3, -0.25) is 5.32 Å². The predicted molar refractivity (Wildman–Crippen MR) is 57.1 cm³/mol. The lowest BCUT2D eigenvalue weighted by molar-refractivity contribution is -0.000319. The standard InChI is InChI=1S/C12H17NO/c1-2-10-4-6-11(7-5-10)12-13-8-3-9-14-12/h4-7,12-13H,2-3,8-9H2,1H3. The molecule has 1 N–H and O–H groups in total. The van der Waals surface area contributed by atoms with Crippen molar-refractivity contribution in [3.63, 3.8) is 0 Å². The molecule has 0 spiro atoms. The first kappa shape index (κ1) is 9.69. The zero-order valence-electron chi connectivity index (χ0n) is 8.62. The summed E-state index contributed by atoms with van der Waals surface area (Å²) in [6, 6.07) is 8.66. The number of ether oxygens (including phenoxy) is 1. The highest BCUT2D eigenvalue weighted by Gasteiger charge is 2.14. The number of hydrogen-bond acceptors (Lipinski definition) is 2. The largest absolute Gasteiger partial charge is 0.359 e. The fourth-order valence-electron chi connectivity index (χ4n) is 1.71. The third kappa shape index (κ3) is 2.14. The molecule has 1 saturated heterocycles. The topological polar surface area (TPSA) is 21.3 Å².